The van der Waals surface area contributed by atoms with Crippen molar-refractivity contribution in [1.29, 1.82) is 0 Å². The van der Waals surface area contributed by atoms with E-state index in [-0.39, 0.29) is 0 Å². The number of aromatic amines is 1. The lowest BCUT2D eigenvalue weighted by atomic mass is 10.2. The van der Waals surface area contributed by atoms with Crippen molar-refractivity contribution in [3.05, 3.63) is 46.0 Å². The van der Waals surface area contributed by atoms with E-state index in [2.05, 4.69) is 25.7 Å². The van der Waals surface area contributed by atoms with Gasteiger partial charge in [0.1, 0.15) is 11.4 Å². The van der Waals surface area contributed by atoms with Crippen molar-refractivity contribution in [2.75, 3.05) is 12.0 Å². The van der Waals surface area contributed by atoms with Gasteiger partial charge in [0.05, 0.1) is 12.8 Å². The average molecular weight is 273 g/mol. The number of anilines is 1. The van der Waals surface area contributed by atoms with Gasteiger partial charge in [-0.15, -0.1) is 0 Å². The van der Waals surface area contributed by atoms with Gasteiger partial charge < -0.3 is 4.74 Å². The summed E-state index contributed by atoms with van der Waals surface area (Å²) in [6.07, 6.45) is 1.62. The van der Waals surface area contributed by atoms with Gasteiger partial charge >= 0.3 is 5.69 Å². The molecule has 2 N–H and O–H groups in total. The van der Waals surface area contributed by atoms with Gasteiger partial charge in [0.25, 0.3) is 0 Å². The third-order valence-electron chi connectivity index (χ3n) is 2.43. The summed E-state index contributed by atoms with van der Waals surface area (Å²) in [4.78, 5) is 14.8. The number of aromatic nitrogens is 3. The molecule has 0 radical (unpaired) electrons. The molecule has 2 aromatic rings. The second-order valence-corrected chi connectivity index (χ2v) is 3.95. The summed E-state index contributed by atoms with van der Waals surface area (Å²) in [6, 6.07) is 7.51. The fraction of sp³-hybridized carbons (Fsp3) is 0.231. The van der Waals surface area contributed by atoms with Crippen molar-refractivity contribution in [3.63, 3.8) is 0 Å². The molecule has 0 saturated heterocycles. The predicted octanol–water partition coefficient (Wildman–Crippen LogP) is 1.32. The Bertz CT molecular complexity index is 666. The molecule has 2 rings (SSSR count). The molecule has 1 aromatic carbocycles. The van der Waals surface area contributed by atoms with E-state index in [1.807, 2.05) is 31.2 Å². The van der Waals surface area contributed by atoms with Gasteiger partial charge in [-0.2, -0.15) is 15.2 Å². The highest BCUT2D eigenvalue weighted by molar-refractivity contribution is 5.80. The second kappa shape index (κ2) is 6.46. The van der Waals surface area contributed by atoms with Gasteiger partial charge in [-0.05, 0) is 31.5 Å². The van der Waals surface area contributed by atoms with Crippen molar-refractivity contribution in [3.8, 4) is 5.75 Å². The van der Waals surface area contributed by atoms with E-state index in [0.29, 0.717) is 18.1 Å². The molecule has 20 heavy (non-hydrogen) atoms. The van der Waals surface area contributed by atoms with Crippen LogP contribution in [0.25, 0.3) is 0 Å². The SMILES string of the molecule is CCOc1cccc(C=NNc2nc(=O)[nH]nc2C)c1. The van der Waals surface area contributed by atoms with Crippen LogP contribution in [0.5, 0.6) is 5.75 Å². The van der Waals surface area contributed by atoms with Crippen LogP contribution >= 0.6 is 0 Å². The van der Waals surface area contributed by atoms with Gasteiger partial charge in [0.2, 0.25) is 0 Å². The lowest BCUT2D eigenvalue weighted by Crippen LogP contribution is -2.15. The maximum atomic E-state index is 11.1. The minimum absolute atomic E-state index is 0.325. The molecule has 0 unspecified atom stereocenters. The Morgan fingerprint density at radius 2 is 2.35 bits per heavy atom. The van der Waals surface area contributed by atoms with Gasteiger partial charge in [-0.3, -0.25) is 5.43 Å². The van der Waals surface area contributed by atoms with Crippen LogP contribution in [0.3, 0.4) is 0 Å². The molecule has 0 fully saturated rings. The molecule has 0 saturated carbocycles. The molecule has 0 bridgehead atoms. The number of H-pyrrole nitrogens is 1. The first-order valence-electron chi connectivity index (χ1n) is 6.14. The molecule has 0 aliphatic heterocycles. The quantitative estimate of drug-likeness (QED) is 0.633. The lowest BCUT2D eigenvalue weighted by molar-refractivity contribution is 0.340. The Morgan fingerprint density at radius 3 is 3.15 bits per heavy atom. The Morgan fingerprint density at radius 1 is 1.50 bits per heavy atom. The van der Waals surface area contributed by atoms with Gasteiger partial charge in [0.15, 0.2) is 5.82 Å². The minimum atomic E-state index is -0.522. The zero-order valence-corrected chi connectivity index (χ0v) is 11.3. The van der Waals surface area contributed by atoms with Crippen molar-refractivity contribution >= 4 is 12.0 Å². The number of rotatable bonds is 5. The highest BCUT2D eigenvalue weighted by atomic mass is 16.5. The third-order valence-corrected chi connectivity index (χ3v) is 2.43. The van der Waals surface area contributed by atoms with Crippen molar-refractivity contribution < 1.29 is 4.74 Å². The van der Waals surface area contributed by atoms with E-state index in [4.69, 9.17) is 4.74 Å². The number of hydrogen-bond acceptors (Lipinski definition) is 6. The minimum Gasteiger partial charge on any atom is -0.494 e. The molecule has 0 amide bonds. The monoisotopic (exact) mass is 273 g/mol. The van der Waals surface area contributed by atoms with Crippen molar-refractivity contribution in [1.82, 2.24) is 15.2 Å². The number of benzene rings is 1. The molecule has 1 heterocycles. The van der Waals surface area contributed by atoms with Crippen molar-refractivity contribution in [2.24, 2.45) is 5.10 Å². The number of nitrogens with zero attached hydrogens (tertiary/aromatic N) is 3. The first kappa shape index (κ1) is 13.7. The normalized spacial score (nSPS) is 10.7. The lowest BCUT2D eigenvalue weighted by Gasteiger charge is -2.03. The molecular weight excluding hydrogens is 258 g/mol. The second-order valence-electron chi connectivity index (χ2n) is 3.95. The molecule has 104 valence electrons. The molecule has 0 atom stereocenters. The zero-order chi connectivity index (χ0) is 14.4. The van der Waals surface area contributed by atoms with Crippen LogP contribution in [0.4, 0.5) is 5.82 Å². The summed E-state index contributed by atoms with van der Waals surface area (Å²) in [5.74, 6) is 1.11. The standard InChI is InChI=1S/C13H15N5O2/c1-3-20-11-6-4-5-10(7-11)8-14-17-12-9(2)16-18-13(19)15-12/h4-8H,3H2,1-2H3,(H2,15,17,18,19). The average Bonchev–Trinajstić information content (AvgIpc) is 2.43. The fourth-order valence-corrected chi connectivity index (χ4v) is 1.52. The number of nitrogens with one attached hydrogen (secondary N) is 2. The van der Waals surface area contributed by atoms with Crippen LogP contribution in [0.1, 0.15) is 18.2 Å². The van der Waals surface area contributed by atoms with Crippen LogP contribution in [0.15, 0.2) is 34.2 Å². The molecule has 0 aliphatic carbocycles. The first-order chi connectivity index (χ1) is 9.69. The molecule has 0 spiro atoms. The smallest absolute Gasteiger partial charge is 0.363 e. The fourth-order valence-electron chi connectivity index (χ4n) is 1.52. The van der Waals surface area contributed by atoms with E-state index in [1.165, 1.54) is 0 Å². The molecule has 7 nitrogen and oxygen atoms in total. The summed E-state index contributed by atoms with van der Waals surface area (Å²) in [6.45, 7) is 4.26. The van der Waals surface area contributed by atoms with E-state index in [9.17, 15) is 4.79 Å². The summed E-state index contributed by atoms with van der Waals surface area (Å²) < 4.78 is 5.40. The number of ether oxygens (including phenoxy) is 1. The van der Waals surface area contributed by atoms with Crippen LogP contribution in [-0.2, 0) is 0 Å². The molecule has 7 heteroatoms. The van der Waals surface area contributed by atoms with E-state index >= 15 is 0 Å². The Labute approximate surface area is 115 Å². The van der Waals surface area contributed by atoms with Crippen molar-refractivity contribution in [2.45, 2.75) is 13.8 Å². The Hall–Kier alpha value is -2.70. The summed E-state index contributed by atoms with van der Waals surface area (Å²) in [5, 5.41) is 10.1. The summed E-state index contributed by atoms with van der Waals surface area (Å²) in [7, 11) is 0. The maximum absolute atomic E-state index is 11.1. The van der Waals surface area contributed by atoms with Crippen LogP contribution in [0, 0.1) is 6.92 Å². The maximum Gasteiger partial charge on any atom is 0.363 e. The molecular formula is C13H15N5O2. The van der Waals surface area contributed by atoms with Gasteiger partial charge in [-0.1, -0.05) is 12.1 Å². The van der Waals surface area contributed by atoms with Gasteiger partial charge in [0, 0.05) is 0 Å². The summed E-state index contributed by atoms with van der Waals surface area (Å²) in [5.41, 5.74) is 3.60. The predicted molar refractivity (Wildman–Crippen MR) is 76.2 cm³/mol. The highest BCUT2D eigenvalue weighted by Gasteiger charge is 2.00. The summed E-state index contributed by atoms with van der Waals surface area (Å²) >= 11 is 0. The Kier molecular flexibility index (Phi) is 4.43. The topological polar surface area (TPSA) is 92.3 Å². The first-order valence-corrected chi connectivity index (χ1v) is 6.14. The van der Waals surface area contributed by atoms with E-state index < -0.39 is 5.69 Å². The number of aryl methyl sites for hydroxylation is 1. The zero-order valence-electron chi connectivity index (χ0n) is 11.3. The van der Waals surface area contributed by atoms with Crippen LogP contribution in [-0.4, -0.2) is 28.0 Å². The molecule has 1 aromatic heterocycles. The van der Waals surface area contributed by atoms with E-state index in [0.717, 1.165) is 11.3 Å². The van der Waals surface area contributed by atoms with Crippen LogP contribution < -0.4 is 15.9 Å². The Balaban J connectivity index is 2.08. The van der Waals surface area contributed by atoms with E-state index in [1.54, 1.807) is 13.1 Å². The molecule has 0 aliphatic rings. The van der Waals surface area contributed by atoms with Crippen LogP contribution in [0.2, 0.25) is 0 Å². The van der Waals surface area contributed by atoms with Gasteiger partial charge in [-0.25, -0.2) is 9.89 Å². The highest BCUT2D eigenvalue weighted by Crippen LogP contribution is 2.12. The third kappa shape index (κ3) is 3.64. The number of hydrogen-bond donors (Lipinski definition) is 2. The number of hydrazone groups is 1. The largest absolute Gasteiger partial charge is 0.494 e.